The van der Waals surface area contributed by atoms with Gasteiger partial charge < -0.3 is 32.9 Å². The molecule has 0 radical (unpaired) electrons. The second-order valence-electron chi connectivity index (χ2n) is 5.80. The lowest BCUT2D eigenvalue weighted by Gasteiger charge is -2.12. The molecule has 0 aliphatic rings. The van der Waals surface area contributed by atoms with Crippen LogP contribution in [-0.4, -0.2) is 59.8 Å². The lowest BCUT2D eigenvalue weighted by Crippen LogP contribution is -2.42. The number of carboxylic acid groups (broad SMARTS) is 1. The molecule has 11 heteroatoms. The van der Waals surface area contributed by atoms with Crippen LogP contribution in [0.15, 0.2) is 4.99 Å². The zero-order valence-electron chi connectivity index (χ0n) is 14.8. The van der Waals surface area contributed by atoms with Gasteiger partial charge in [-0.15, -0.1) is 0 Å². The summed E-state index contributed by atoms with van der Waals surface area (Å²) in [6, 6.07) is -1.58. The molecule has 2 amide bonds. The van der Waals surface area contributed by atoms with Crippen LogP contribution >= 0.6 is 12.6 Å². The predicted octanol–water partition coefficient (Wildman–Crippen LogP) is -1.46. The summed E-state index contributed by atoms with van der Waals surface area (Å²) in [6.07, 6.45) is 3.37. The number of rotatable bonds is 14. The van der Waals surface area contributed by atoms with Crippen LogP contribution < -0.4 is 27.8 Å². The number of aliphatic carboxylic acids is 1. The molecule has 0 aromatic heterocycles. The van der Waals surface area contributed by atoms with E-state index in [9.17, 15) is 14.4 Å². The monoisotopic (exact) mass is 390 g/mol. The molecule has 150 valence electrons. The van der Waals surface area contributed by atoms with Crippen LogP contribution in [0.5, 0.6) is 0 Å². The van der Waals surface area contributed by atoms with Gasteiger partial charge in [0.15, 0.2) is 5.96 Å². The van der Waals surface area contributed by atoms with Crippen molar-refractivity contribution < 1.29 is 19.5 Å². The third-order valence-electron chi connectivity index (χ3n) is 3.50. The molecule has 2 atom stereocenters. The second kappa shape index (κ2) is 14.2. The smallest absolute Gasteiger partial charge is 0.327 e. The molecule has 0 bridgehead atoms. The molecule has 26 heavy (non-hydrogen) atoms. The lowest BCUT2D eigenvalue weighted by molar-refractivity contribution is -0.141. The highest BCUT2D eigenvalue weighted by molar-refractivity contribution is 7.80. The summed E-state index contributed by atoms with van der Waals surface area (Å²) in [5, 5.41) is 14.0. The van der Waals surface area contributed by atoms with E-state index in [1.54, 1.807) is 0 Å². The zero-order valence-corrected chi connectivity index (χ0v) is 15.7. The molecular weight excluding hydrogens is 360 g/mol. The largest absolute Gasteiger partial charge is 0.480 e. The van der Waals surface area contributed by atoms with E-state index >= 15 is 0 Å². The minimum Gasteiger partial charge on any atom is -0.480 e. The maximum absolute atomic E-state index is 11.8. The van der Waals surface area contributed by atoms with Gasteiger partial charge in [0.05, 0.1) is 6.04 Å². The normalized spacial score (nSPS) is 12.7. The highest BCUT2D eigenvalue weighted by Gasteiger charge is 2.17. The van der Waals surface area contributed by atoms with Gasteiger partial charge in [0.2, 0.25) is 11.8 Å². The molecule has 0 aliphatic carbocycles. The SMILES string of the molecule is NC(N)=NCCC[C@H](N)C(=O)NCCCCCC(=O)N[C@@H](CS)C(=O)O. The van der Waals surface area contributed by atoms with Gasteiger partial charge in [0.1, 0.15) is 6.04 Å². The molecule has 0 spiro atoms. The molecule has 0 aromatic rings. The van der Waals surface area contributed by atoms with E-state index in [4.69, 9.17) is 22.3 Å². The van der Waals surface area contributed by atoms with Crippen LogP contribution in [0.2, 0.25) is 0 Å². The van der Waals surface area contributed by atoms with E-state index in [1.807, 2.05) is 0 Å². The van der Waals surface area contributed by atoms with Crippen LogP contribution in [0, 0.1) is 0 Å². The van der Waals surface area contributed by atoms with Crippen LogP contribution in [0.25, 0.3) is 0 Å². The fourth-order valence-electron chi connectivity index (χ4n) is 2.03. The van der Waals surface area contributed by atoms with Crippen LogP contribution in [0.1, 0.15) is 38.5 Å². The zero-order chi connectivity index (χ0) is 19.9. The number of thiol groups is 1. The molecule has 0 unspecified atom stereocenters. The average molecular weight is 391 g/mol. The number of carbonyl (C=O) groups is 3. The Kier molecular flexibility index (Phi) is 13.1. The van der Waals surface area contributed by atoms with Gasteiger partial charge >= 0.3 is 5.97 Å². The first-order valence-electron chi connectivity index (χ1n) is 8.49. The molecule has 0 fully saturated rings. The van der Waals surface area contributed by atoms with Crippen LogP contribution in [0.4, 0.5) is 0 Å². The van der Waals surface area contributed by atoms with E-state index in [0.717, 1.165) is 6.42 Å². The molecule has 10 nitrogen and oxygen atoms in total. The van der Waals surface area contributed by atoms with E-state index in [1.165, 1.54) is 0 Å². The molecule has 9 N–H and O–H groups in total. The number of nitrogens with zero attached hydrogens (tertiary/aromatic N) is 1. The number of carbonyl (C=O) groups excluding carboxylic acids is 2. The first-order chi connectivity index (χ1) is 12.3. The Morgan fingerprint density at radius 2 is 1.81 bits per heavy atom. The van der Waals surface area contributed by atoms with E-state index in [0.29, 0.717) is 38.8 Å². The van der Waals surface area contributed by atoms with Crippen molar-refractivity contribution in [2.24, 2.45) is 22.2 Å². The van der Waals surface area contributed by atoms with E-state index in [2.05, 4.69) is 28.3 Å². The van der Waals surface area contributed by atoms with Gasteiger partial charge in [-0.1, -0.05) is 6.42 Å². The third kappa shape index (κ3) is 12.4. The number of hydrogen-bond donors (Lipinski definition) is 7. The fourth-order valence-corrected chi connectivity index (χ4v) is 2.28. The lowest BCUT2D eigenvalue weighted by atomic mass is 10.1. The standard InChI is InChI=1S/C15H30N6O4S/c16-10(5-4-8-20-15(17)18)13(23)19-7-3-1-2-6-12(22)21-11(9-26)14(24)25/h10-11,26H,1-9,16H2,(H,19,23)(H,21,22)(H,24,25)(H4,17,18,20)/t10-,11-/m0/s1. The van der Waals surface area contributed by atoms with Gasteiger partial charge in [-0.3, -0.25) is 14.6 Å². The summed E-state index contributed by atoms with van der Waals surface area (Å²) in [5.74, 6) is -1.60. The predicted molar refractivity (Wildman–Crippen MR) is 103 cm³/mol. The number of unbranched alkanes of at least 4 members (excludes halogenated alkanes) is 2. The number of carboxylic acids is 1. The Hall–Kier alpha value is -2.01. The molecular formula is C15H30N6O4S. The van der Waals surface area contributed by atoms with Crippen molar-refractivity contribution in [1.82, 2.24) is 10.6 Å². The topological polar surface area (TPSA) is 186 Å². The van der Waals surface area contributed by atoms with Crippen molar-refractivity contribution in [2.75, 3.05) is 18.8 Å². The summed E-state index contributed by atoms with van der Waals surface area (Å²) in [4.78, 5) is 38.0. The highest BCUT2D eigenvalue weighted by atomic mass is 32.1. The second-order valence-corrected chi connectivity index (χ2v) is 6.16. The van der Waals surface area contributed by atoms with Crippen molar-refractivity contribution in [3.8, 4) is 0 Å². The third-order valence-corrected chi connectivity index (χ3v) is 3.87. The Bertz CT molecular complexity index is 485. The molecule has 0 rings (SSSR count). The maximum Gasteiger partial charge on any atom is 0.327 e. The number of amides is 2. The maximum atomic E-state index is 11.8. The molecule has 0 aliphatic heterocycles. The summed E-state index contributed by atoms with van der Waals surface area (Å²) in [7, 11) is 0. The first-order valence-corrected chi connectivity index (χ1v) is 9.12. The fraction of sp³-hybridized carbons (Fsp3) is 0.733. The number of nitrogens with two attached hydrogens (primary N) is 3. The molecule has 0 heterocycles. The number of aliphatic imine (C=N–C) groups is 1. The Morgan fingerprint density at radius 1 is 1.12 bits per heavy atom. The molecule has 0 saturated heterocycles. The minimum absolute atomic E-state index is 0.0146. The van der Waals surface area contributed by atoms with Crippen molar-refractivity contribution in [2.45, 2.75) is 50.6 Å². The number of hydrogen-bond acceptors (Lipinski definition) is 6. The highest BCUT2D eigenvalue weighted by Crippen LogP contribution is 2.01. The Labute approximate surface area is 158 Å². The molecule has 0 aromatic carbocycles. The quantitative estimate of drug-likeness (QED) is 0.0817. The van der Waals surface area contributed by atoms with E-state index < -0.39 is 18.1 Å². The minimum atomic E-state index is -1.11. The van der Waals surface area contributed by atoms with Crippen LogP contribution in [-0.2, 0) is 14.4 Å². The first kappa shape index (κ1) is 24.0. The summed E-state index contributed by atoms with van der Waals surface area (Å²) in [6.45, 7) is 0.901. The Balaban J connectivity index is 3.73. The van der Waals surface area contributed by atoms with Crippen molar-refractivity contribution >= 4 is 36.4 Å². The average Bonchev–Trinajstić information content (AvgIpc) is 2.58. The van der Waals surface area contributed by atoms with Gasteiger partial charge in [0, 0.05) is 25.3 Å². The number of guanidine groups is 1. The van der Waals surface area contributed by atoms with Gasteiger partial charge in [-0.25, -0.2) is 4.79 Å². The van der Waals surface area contributed by atoms with Gasteiger partial charge in [0.25, 0.3) is 0 Å². The summed E-state index contributed by atoms with van der Waals surface area (Å²) >= 11 is 3.87. The van der Waals surface area contributed by atoms with Crippen molar-refractivity contribution in [1.29, 1.82) is 0 Å². The van der Waals surface area contributed by atoms with Crippen molar-refractivity contribution in [3.05, 3.63) is 0 Å². The van der Waals surface area contributed by atoms with E-state index in [-0.39, 0.29) is 29.9 Å². The van der Waals surface area contributed by atoms with Gasteiger partial charge in [-0.05, 0) is 25.7 Å². The van der Waals surface area contributed by atoms with Crippen molar-refractivity contribution in [3.63, 3.8) is 0 Å². The van der Waals surface area contributed by atoms with Gasteiger partial charge in [-0.2, -0.15) is 12.6 Å². The number of nitrogens with one attached hydrogen (secondary N) is 2. The Morgan fingerprint density at radius 3 is 2.38 bits per heavy atom. The van der Waals surface area contributed by atoms with Crippen LogP contribution in [0.3, 0.4) is 0 Å². The summed E-state index contributed by atoms with van der Waals surface area (Å²) < 4.78 is 0. The summed E-state index contributed by atoms with van der Waals surface area (Å²) in [5.41, 5.74) is 16.2. The molecule has 0 saturated carbocycles.